The lowest BCUT2D eigenvalue weighted by molar-refractivity contribution is 0.306. The topological polar surface area (TPSA) is 50.8 Å². The first-order valence-electron chi connectivity index (χ1n) is 8.29. The summed E-state index contributed by atoms with van der Waals surface area (Å²) in [4.78, 5) is 5.64. The van der Waals surface area contributed by atoms with E-state index in [1.54, 1.807) is 0 Å². The average molecular weight is 359 g/mol. The van der Waals surface area contributed by atoms with E-state index < -0.39 is 0 Å². The Hall–Kier alpha value is -3.05. The highest BCUT2D eigenvalue weighted by Gasteiger charge is 2.07. The van der Waals surface area contributed by atoms with Crippen LogP contribution in [0.5, 0.6) is 5.75 Å². The summed E-state index contributed by atoms with van der Waals surface area (Å²) in [7, 11) is 0. The molecule has 0 atom stereocenters. The van der Waals surface area contributed by atoms with Gasteiger partial charge in [0.1, 0.15) is 12.4 Å². The Bertz CT molecular complexity index is 953. The number of aromatic amines is 1. The molecule has 128 valence electrons. The number of ether oxygens (including phenoxy) is 1. The molecule has 0 fully saturated rings. The molecule has 0 amide bonds. The molecule has 0 aliphatic rings. The standard InChI is InChI=1S/C21H17N3OS/c1-3-7-17(8-4-1)20-22-21(24-23-20)26-19-13-11-16(12-14-19)15-25-18-9-5-2-6-10-18/h1-14H,15H2,(H,22,23,24). The van der Waals surface area contributed by atoms with Crippen LogP contribution >= 0.6 is 11.8 Å². The number of para-hydroxylation sites is 1. The zero-order chi connectivity index (χ0) is 17.6. The molecule has 5 heteroatoms. The highest BCUT2D eigenvalue weighted by molar-refractivity contribution is 7.99. The van der Waals surface area contributed by atoms with Gasteiger partial charge in [-0.15, -0.1) is 5.10 Å². The molecule has 0 aliphatic carbocycles. The van der Waals surface area contributed by atoms with Crippen LogP contribution in [0.15, 0.2) is 95.0 Å². The van der Waals surface area contributed by atoms with Crippen LogP contribution in [0.2, 0.25) is 0 Å². The molecule has 4 nitrogen and oxygen atoms in total. The fraction of sp³-hybridized carbons (Fsp3) is 0.0476. The van der Waals surface area contributed by atoms with Crippen molar-refractivity contribution in [1.82, 2.24) is 15.2 Å². The number of nitrogens with one attached hydrogen (secondary N) is 1. The van der Waals surface area contributed by atoms with Gasteiger partial charge in [0.25, 0.3) is 0 Å². The van der Waals surface area contributed by atoms with Crippen molar-refractivity contribution < 1.29 is 4.74 Å². The molecule has 0 spiro atoms. The van der Waals surface area contributed by atoms with Crippen LogP contribution in [0, 0.1) is 0 Å². The van der Waals surface area contributed by atoms with Crippen LogP contribution in [0.4, 0.5) is 0 Å². The third-order valence-corrected chi connectivity index (χ3v) is 4.67. The Balaban J connectivity index is 1.38. The smallest absolute Gasteiger partial charge is 0.213 e. The SMILES string of the molecule is c1ccc(OCc2ccc(Sc3n[nH]c(-c4ccccc4)n3)cc2)cc1. The molecule has 0 saturated heterocycles. The number of nitrogens with zero attached hydrogens (tertiary/aromatic N) is 2. The fourth-order valence-electron chi connectivity index (χ4n) is 2.46. The minimum atomic E-state index is 0.549. The van der Waals surface area contributed by atoms with E-state index in [0.717, 1.165) is 27.6 Å². The summed E-state index contributed by atoms with van der Waals surface area (Å²) in [6.45, 7) is 0.549. The van der Waals surface area contributed by atoms with Gasteiger partial charge in [-0.3, -0.25) is 5.10 Å². The minimum Gasteiger partial charge on any atom is -0.489 e. The van der Waals surface area contributed by atoms with Gasteiger partial charge in [-0.2, -0.15) is 0 Å². The van der Waals surface area contributed by atoms with Crippen LogP contribution in [0.3, 0.4) is 0 Å². The van der Waals surface area contributed by atoms with Crippen LogP contribution in [0.25, 0.3) is 11.4 Å². The number of hydrogen-bond acceptors (Lipinski definition) is 4. The molecule has 4 aromatic rings. The van der Waals surface area contributed by atoms with Crippen molar-refractivity contribution in [3.8, 4) is 17.1 Å². The normalized spacial score (nSPS) is 10.6. The molecular formula is C21H17N3OS. The van der Waals surface area contributed by atoms with Crippen LogP contribution in [-0.4, -0.2) is 15.2 Å². The van der Waals surface area contributed by atoms with E-state index in [4.69, 9.17) is 4.74 Å². The van der Waals surface area contributed by atoms with Crippen molar-refractivity contribution in [3.63, 3.8) is 0 Å². The van der Waals surface area contributed by atoms with E-state index in [-0.39, 0.29) is 0 Å². The van der Waals surface area contributed by atoms with E-state index in [0.29, 0.717) is 11.8 Å². The fourth-order valence-corrected chi connectivity index (χ4v) is 3.17. The van der Waals surface area contributed by atoms with Crippen molar-refractivity contribution in [2.45, 2.75) is 16.7 Å². The number of aromatic nitrogens is 3. The molecule has 4 rings (SSSR count). The molecule has 0 unspecified atom stereocenters. The quantitative estimate of drug-likeness (QED) is 0.514. The Kier molecular flexibility index (Phi) is 4.98. The van der Waals surface area contributed by atoms with Crippen LogP contribution in [0.1, 0.15) is 5.56 Å². The summed E-state index contributed by atoms with van der Waals surface area (Å²) in [5.41, 5.74) is 2.15. The summed E-state index contributed by atoms with van der Waals surface area (Å²) in [6.07, 6.45) is 0. The first-order chi connectivity index (χ1) is 12.9. The lowest BCUT2D eigenvalue weighted by atomic mass is 10.2. The summed E-state index contributed by atoms with van der Waals surface area (Å²) >= 11 is 1.53. The van der Waals surface area contributed by atoms with Gasteiger partial charge in [0.05, 0.1) is 0 Å². The van der Waals surface area contributed by atoms with Crippen molar-refractivity contribution in [2.75, 3.05) is 0 Å². The van der Waals surface area contributed by atoms with E-state index in [9.17, 15) is 0 Å². The Morgan fingerprint density at radius 3 is 2.23 bits per heavy atom. The summed E-state index contributed by atoms with van der Waals surface area (Å²) in [5, 5.41) is 7.98. The summed E-state index contributed by atoms with van der Waals surface area (Å²) in [6, 6.07) is 28.1. The summed E-state index contributed by atoms with van der Waals surface area (Å²) in [5.74, 6) is 1.65. The monoisotopic (exact) mass is 359 g/mol. The van der Waals surface area contributed by atoms with Gasteiger partial charge in [-0.25, -0.2) is 4.98 Å². The largest absolute Gasteiger partial charge is 0.489 e. The number of benzene rings is 3. The molecule has 1 aromatic heterocycles. The maximum atomic E-state index is 5.77. The van der Waals surface area contributed by atoms with Crippen molar-refractivity contribution in [1.29, 1.82) is 0 Å². The molecule has 26 heavy (non-hydrogen) atoms. The third kappa shape index (κ3) is 4.13. The second-order valence-corrected chi connectivity index (χ2v) is 6.72. The summed E-state index contributed by atoms with van der Waals surface area (Å²) < 4.78 is 5.77. The molecular weight excluding hydrogens is 342 g/mol. The zero-order valence-corrected chi connectivity index (χ0v) is 14.8. The number of H-pyrrole nitrogens is 1. The first kappa shape index (κ1) is 16.4. The molecule has 0 bridgehead atoms. The lowest BCUT2D eigenvalue weighted by Crippen LogP contribution is -1.94. The van der Waals surface area contributed by atoms with E-state index >= 15 is 0 Å². The Labute approximate surface area is 156 Å². The third-order valence-electron chi connectivity index (χ3n) is 3.79. The van der Waals surface area contributed by atoms with Crippen molar-refractivity contribution in [3.05, 3.63) is 90.5 Å². The van der Waals surface area contributed by atoms with Gasteiger partial charge in [0, 0.05) is 10.5 Å². The molecule has 0 radical (unpaired) electrons. The second-order valence-electron chi connectivity index (χ2n) is 5.68. The van der Waals surface area contributed by atoms with Gasteiger partial charge >= 0.3 is 0 Å². The lowest BCUT2D eigenvalue weighted by Gasteiger charge is -2.06. The second kappa shape index (κ2) is 7.89. The van der Waals surface area contributed by atoms with Crippen molar-refractivity contribution in [2.24, 2.45) is 0 Å². The maximum absolute atomic E-state index is 5.77. The van der Waals surface area contributed by atoms with Crippen molar-refractivity contribution >= 4 is 11.8 Å². The number of rotatable bonds is 6. The maximum Gasteiger partial charge on any atom is 0.213 e. The van der Waals surface area contributed by atoms with Gasteiger partial charge in [0.2, 0.25) is 5.16 Å². The van der Waals surface area contributed by atoms with E-state index in [1.165, 1.54) is 11.8 Å². The molecule has 0 saturated carbocycles. The Morgan fingerprint density at radius 1 is 0.808 bits per heavy atom. The molecule has 3 aromatic carbocycles. The van der Waals surface area contributed by atoms with Crippen LogP contribution < -0.4 is 4.74 Å². The van der Waals surface area contributed by atoms with Gasteiger partial charge in [0.15, 0.2) is 5.82 Å². The van der Waals surface area contributed by atoms with E-state index in [1.807, 2.05) is 60.7 Å². The average Bonchev–Trinajstić information content (AvgIpc) is 3.17. The minimum absolute atomic E-state index is 0.549. The molecule has 0 aliphatic heterocycles. The molecule has 1 N–H and O–H groups in total. The molecule has 1 heterocycles. The van der Waals surface area contributed by atoms with Gasteiger partial charge in [-0.1, -0.05) is 60.7 Å². The first-order valence-corrected chi connectivity index (χ1v) is 9.11. The predicted octanol–water partition coefficient (Wildman–Crippen LogP) is 5.20. The van der Waals surface area contributed by atoms with E-state index in [2.05, 4.69) is 39.4 Å². The predicted molar refractivity (Wildman–Crippen MR) is 103 cm³/mol. The number of hydrogen-bond donors (Lipinski definition) is 1. The highest BCUT2D eigenvalue weighted by Crippen LogP contribution is 2.26. The zero-order valence-electron chi connectivity index (χ0n) is 14.0. The highest BCUT2D eigenvalue weighted by atomic mass is 32.2. The van der Waals surface area contributed by atoms with Gasteiger partial charge < -0.3 is 4.74 Å². The van der Waals surface area contributed by atoms with Crippen LogP contribution in [-0.2, 0) is 6.61 Å². The Morgan fingerprint density at radius 2 is 1.50 bits per heavy atom. The van der Waals surface area contributed by atoms with Gasteiger partial charge in [-0.05, 0) is 41.6 Å².